The molecule has 1 aliphatic heterocycles. The van der Waals surface area contributed by atoms with Gasteiger partial charge in [-0.15, -0.1) is 0 Å². The number of halogens is 1. The van der Waals surface area contributed by atoms with Crippen LogP contribution in [0.2, 0.25) is 5.02 Å². The van der Waals surface area contributed by atoms with E-state index in [1.54, 1.807) is 18.2 Å². The molecule has 1 fully saturated rings. The fourth-order valence-electron chi connectivity index (χ4n) is 2.12. The van der Waals surface area contributed by atoms with Crippen molar-refractivity contribution in [1.82, 2.24) is 5.32 Å². The Morgan fingerprint density at radius 3 is 2.94 bits per heavy atom. The molecule has 18 heavy (non-hydrogen) atoms. The molecule has 1 N–H and O–H groups in total. The number of ketones is 1. The average Bonchev–Trinajstić information content (AvgIpc) is 2.86. The number of methoxy groups -OCH3 is 1. The van der Waals surface area contributed by atoms with E-state index < -0.39 is 0 Å². The molecule has 5 heteroatoms. The Morgan fingerprint density at radius 2 is 2.28 bits per heavy atom. The van der Waals surface area contributed by atoms with Gasteiger partial charge in [-0.2, -0.15) is 0 Å². The lowest BCUT2D eigenvalue weighted by molar-refractivity contribution is 0.0892. The van der Waals surface area contributed by atoms with Crippen molar-refractivity contribution in [2.45, 2.75) is 6.04 Å². The molecule has 1 aliphatic rings. The second-order valence-corrected chi connectivity index (χ2v) is 4.66. The third-order valence-electron chi connectivity index (χ3n) is 3.22. The normalized spacial score (nSPS) is 23.1. The number of hydrogen-bond donors (Lipinski definition) is 1. The SMILES string of the molecule is CNC1COCC1C(=O)c1ccc(Cl)c(OC)c1. The Labute approximate surface area is 111 Å². The Balaban J connectivity index is 2.23. The standard InChI is InChI=1S/C13H16ClNO3/c1-15-11-7-18-6-9(11)13(16)8-3-4-10(14)12(5-8)17-2/h3-5,9,11,15H,6-7H2,1-2H3. The van der Waals surface area contributed by atoms with Crippen molar-refractivity contribution in [3.05, 3.63) is 28.8 Å². The van der Waals surface area contributed by atoms with Gasteiger partial charge in [0.2, 0.25) is 0 Å². The van der Waals surface area contributed by atoms with Gasteiger partial charge in [0.05, 0.1) is 31.3 Å². The monoisotopic (exact) mass is 269 g/mol. The topological polar surface area (TPSA) is 47.6 Å². The molecule has 2 unspecified atom stereocenters. The van der Waals surface area contributed by atoms with Gasteiger partial charge in [-0.1, -0.05) is 11.6 Å². The second-order valence-electron chi connectivity index (χ2n) is 4.25. The van der Waals surface area contributed by atoms with Crippen molar-refractivity contribution in [1.29, 1.82) is 0 Å². The highest BCUT2D eigenvalue weighted by Crippen LogP contribution is 2.27. The van der Waals surface area contributed by atoms with E-state index in [0.29, 0.717) is 29.5 Å². The summed E-state index contributed by atoms with van der Waals surface area (Å²) in [5.74, 6) is 0.421. The van der Waals surface area contributed by atoms with Crippen LogP contribution in [0.25, 0.3) is 0 Å². The maximum atomic E-state index is 12.4. The zero-order valence-corrected chi connectivity index (χ0v) is 11.2. The van der Waals surface area contributed by atoms with E-state index >= 15 is 0 Å². The van der Waals surface area contributed by atoms with Gasteiger partial charge in [0.15, 0.2) is 5.78 Å². The molecule has 1 aromatic rings. The molecule has 0 aliphatic carbocycles. The maximum Gasteiger partial charge on any atom is 0.170 e. The molecule has 2 atom stereocenters. The summed E-state index contributed by atoms with van der Waals surface area (Å²) in [7, 11) is 3.37. The van der Waals surface area contributed by atoms with Crippen LogP contribution in [0, 0.1) is 5.92 Å². The fraction of sp³-hybridized carbons (Fsp3) is 0.462. The third kappa shape index (κ3) is 2.51. The van der Waals surface area contributed by atoms with Crippen LogP contribution in [0.3, 0.4) is 0 Å². The van der Waals surface area contributed by atoms with E-state index in [9.17, 15) is 4.79 Å². The van der Waals surface area contributed by atoms with Gasteiger partial charge in [-0.05, 0) is 25.2 Å². The predicted molar refractivity (Wildman–Crippen MR) is 69.5 cm³/mol. The highest BCUT2D eigenvalue weighted by molar-refractivity contribution is 6.32. The van der Waals surface area contributed by atoms with Crippen LogP contribution in [-0.4, -0.2) is 39.2 Å². The van der Waals surface area contributed by atoms with Gasteiger partial charge in [-0.25, -0.2) is 0 Å². The maximum absolute atomic E-state index is 12.4. The third-order valence-corrected chi connectivity index (χ3v) is 3.54. The molecule has 1 aromatic carbocycles. The lowest BCUT2D eigenvalue weighted by Gasteiger charge is -2.16. The first-order valence-corrected chi connectivity index (χ1v) is 6.18. The van der Waals surface area contributed by atoms with Crippen LogP contribution in [-0.2, 0) is 4.74 Å². The van der Waals surface area contributed by atoms with Crippen LogP contribution < -0.4 is 10.1 Å². The summed E-state index contributed by atoms with van der Waals surface area (Å²) < 4.78 is 10.5. The number of carbonyl (C=O) groups excluding carboxylic acids is 1. The minimum absolute atomic E-state index is 0.0572. The highest BCUT2D eigenvalue weighted by atomic mass is 35.5. The zero-order chi connectivity index (χ0) is 13.1. The van der Waals surface area contributed by atoms with E-state index in [0.717, 1.165) is 0 Å². The second kappa shape index (κ2) is 5.69. The molecule has 0 radical (unpaired) electrons. The first-order chi connectivity index (χ1) is 8.67. The number of rotatable bonds is 4. The van der Waals surface area contributed by atoms with Gasteiger partial charge in [0, 0.05) is 11.6 Å². The van der Waals surface area contributed by atoms with Crippen LogP contribution in [0.1, 0.15) is 10.4 Å². The summed E-state index contributed by atoms with van der Waals surface area (Å²) in [4.78, 5) is 12.4. The first-order valence-electron chi connectivity index (χ1n) is 5.80. The molecule has 0 amide bonds. The number of nitrogens with one attached hydrogen (secondary N) is 1. The van der Waals surface area contributed by atoms with E-state index in [4.69, 9.17) is 21.1 Å². The van der Waals surface area contributed by atoms with Gasteiger partial charge >= 0.3 is 0 Å². The van der Waals surface area contributed by atoms with Crippen molar-refractivity contribution in [2.75, 3.05) is 27.4 Å². The fourth-order valence-corrected chi connectivity index (χ4v) is 2.32. The summed E-state index contributed by atoms with van der Waals surface area (Å²) in [6, 6.07) is 5.14. The molecule has 0 aromatic heterocycles. The number of benzene rings is 1. The van der Waals surface area contributed by atoms with E-state index in [1.165, 1.54) is 7.11 Å². The molecule has 0 spiro atoms. The molecule has 1 heterocycles. The lowest BCUT2D eigenvalue weighted by Crippen LogP contribution is -2.37. The van der Waals surface area contributed by atoms with Crippen LogP contribution in [0.15, 0.2) is 18.2 Å². The number of likely N-dealkylation sites (N-methyl/N-ethyl adjacent to an activating group) is 1. The molecule has 98 valence electrons. The highest BCUT2D eigenvalue weighted by Gasteiger charge is 2.33. The molecular formula is C13H16ClNO3. The smallest absolute Gasteiger partial charge is 0.170 e. The van der Waals surface area contributed by atoms with Gasteiger partial charge in [0.1, 0.15) is 5.75 Å². The van der Waals surface area contributed by atoms with Crippen LogP contribution >= 0.6 is 11.6 Å². The molecule has 1 saturated heterocycles. The van der Waals surface area contributed by atoms with E-state index in [1.807, 2.05) is 7.05 Å². The number of Topliss-reactive ketones (excluding diaryl/α,β-unsaturated/α-hetero) is 1. The Hall–Kier alpha value is -1.10. The summed E-state index contributed by atoms with van der Waals surface area (Å²) in [6.07, 6.45) is 0. The van der Waals surface area contributed by atoms with Crippen molar-refractivity contribution in [3.8, 4) is 5.75 Å². The summed E-state index contributed by atoms with van der Waals surface area (Å²) in [5.41, 5.74) is 0.604. The molecular weight excluding hydrogens is 254 g/mol. The van der Waals surface area contributed by atoms with Crippen LogP contribution in [0.4, 0.5) is 0 Å². The van der Waals surface area contributed by atoms with E-state index in [2.05, 4.69) is 5.32 Å². The Morgan fingerprint density at radius 1 is 1.50 bits per heavy atom. The molecule has 0 bridgehead atoms. The number of carbonyl (C=O) groups is 1. The largest absolute Gasteiger partial charge is 0.495 e. The first kappa shape index (κ1) is 13.3. The summed E-state index contributed by atoms with van der Waals surface area (Å²) in [6.45, 7) is 1.02. The molecule has 0 saturated carbocycles. The summed E-state index contributed by atoms with van der Waals surface area (Å²) in [5, 5.41) is 3.60. The van der Waals surface area contributed by atoms with Crippen molar-refractivity contribution < 1.29 is 14.3 Å². The molecule has 2 rings (SSSR count). The minimum atomic E-state index is -0.152. The van der Waals surface area contributed by atoms with Gasteiger partial charge in [-0.3, -0.25) is 4.79 Å². The van der Waals surface area contributed by atoms with Crippen LogP contribution in [0.5, 0.6) is 5.75 Å². The lowest BCUT2D eigenvalue weighted by atomic mass is 9.93. The number of ether oxygens (including phenoxy) is 2. The van der Waals surface area contributed by atoms with Crippen molar-refractivity contribution >= 4 is 17.4 Å². The average molecular weight is 270 g/mol. The quantitative estimate of drug-likeness (QED) is 0.847. The van der Waals surface area contributed by atoms with E-state index in [-0.39, 0.29) is 17.7 Å². The minimum Gasteiger partial charge on any atom is -0.495 e. The Bertz CT molecular complexity index is 450. The van der Waals surface area contributed by atoms with Crippen molar-refractivity contribution in [3.63, 3.8) is 0 Å². The van der Waals surface area contributed by atoms with Gasteiger partial charge < -0.3 is 14.8 Å². The number of hydrogen-bond acceptors (Lipinski definition) is 4. The predicted octanol–water partition coefficient (Wildman–Crippen LogP) is 1.77. The van der Waals surface area contributed by atoms with Crippen molar-refractivity contribution in [2.24, 2.45) is 5.92 Å². The summed E-state index contributed by atoms with van der Waals surface area (Å²) >= 11 is 5.94. The zero-order valence-electron chi connectivity index (χ0n) is 10.4. The molecule has 4 nitrogen and oxygen atoms in total. The van der Waals surface area contributed by atoms with Gasteiger partial charge in [0.25, 0.3) is 0 Å². The Kier molecular flexibility index (Phi) is 4.22.